The van der Waals surface area contributed by atoms with Crippen molar-refractivity contribution in [1.29, 1.82) is 0 Å². The first-order valence-corrected chi connectivity index (χ1v) is 8.39. The molecule has 0 aromatic carbocycles. The summed E-state index contributed by atoms with van der Waals surface area (Å²) < 4.78 is 5.30. The maximum Gasteiger partial charge on any atom is 0.413 e. The third-order valence-electron chi connectivity index (χ3n) is 1.77. The van der Waals surface area contributed by atoms with Crippen LogP contribution in [0.2, 0.25) is 19.6 Å². The second-order valence-electron chi connectivity index (χ2n) is 4.48. The van der Waals surface area contributed by atoms with E-state index >= 15 is 0 Å². The summed E-state index contributed by atoms with van der Waals surface area (Å²) in [5.41, 5.74) is 3.15. The first kappa shape index (κ1) is 12.4. The lowest BCUT2D eigenvalue weighted by atomic mass is 10.5. The van der Waals surface area contributed by atoms with Crippen molar-refractivity contribution in [3.8, 4) is 11.5 Å². The third-order valence-corrected chi connectivity index (χ3v) is 2.65. The van der Waals surface area contributed by atoms with Crippen LogP contribution in [0.15, 0.2) is 16.5 Å². The summed E-state index contributed by atoms with van der Waals surface area (Å²) in [6.07, 6.45) is -1.06. The second-order valence-corrected chi connectivity index (χ2v) is 9.23. The van der Waals surface area contributed by atoms with Crippen LogP contribution in [-0.4, -0.2) is 26.3 Å². The van der Waals surface area contributed by atoms with Gasteiger partial charge in [0.05, 0.1) is 0 Å². The number of furan rings is 1. The summed E-state index contributed by atoms with van der Waals surface area (Å²) in [7, 11) is -0.00333. The quantitative estimate of drug-likeness (QED) is 0.603. The summed E-state index contributed by atoms with van der Waals surface area (Å²) in [5.74, 6) is 3.71. The van der Waals surface area contributed by atoms with E-state index in [2.05, 4.69) is 31.1 Å². The van der Waals surface area contributed by atoms with Crippen molar-refractivity contribution < 1.29 is 14.3 Å². The van der Waals surface area contributed by atoms with E-state index in [0.717, 1.165) is 4.90 Å². The number of carbonyl (C=O) groups is 1. The first-order valence-electron chi connectivity index (χ1n) is 4.89. The average Bonchev–Trinajstić information content (AvgIpc) is 2.60. The standard InChI is InChI=1S/C11H15NO3Si/c1-12(11(13)14)10-6-5-9(15-10)7-8-16(2,3)4/h5-6H,1-4H3,(H,13,14). The molecule has 0 saturated carbocycles. The Morgan fingerprint density at radius 3 is 2.56 bits per heavy atom. The SMILES string of the molecule is CN(C(=O)O)c1ccc(C#C[Si](C)(C)C)o1. The Labute approximate surface area is 95.9 Å². The molecule has 0 unspecified atom stereocenters. The molecule has 5 heteroatoms. The van der Waals surface area contributed by atoms with Gasteiger partial charge in [-0.1, -0.05) is 19.6 Å². The number of hydrogen-bond donors (Lipinski definition) is 1. The fraction of sp³-hybridized carbons (Fsp3) is 0.364. The lowest BCUT2D eigenvalue weighted by molar-refractivity contribution is 0.202. The Bertz CT molecular complexity index is 448. The molecule has 0 saturated heterocycles. The van der Waals surface area contributed by atoms with Gasteiger partial charge in [-0.25, -0.2) is 4.79 Å². The molecule has 1 rings (SSSR count). The van der Waals surface area contributed by atoms with Gasteiger partial charge >= 0.3 is 6.09 Å². The highest BCUT2D eigenvalue weighted by molar-refractivity contribution is 6.83. The zero-order valence-electron chi connectivity index (χ0n) is 9.87. The molecule has 0 aliphatic carbocycles. The van der Waals surface area contributed by atoms with Crippen LogP contribution >= 0.6 is 0 Å². The summed E-state index contributed by atoms with van der Waals surface area (Å²) in [6.45, 7) is 6.40. The van der Waals surface area contributed by atoms with Crippen LogP contribution < -0.4 is 4.90 Å². The molecule has 0 atom stereocenters. The first-order chi connectivity index (χ1) is 7.29. The lowest BCUT2D eigenvalue weighted by Gasteiger charge is -2.07. The lowest BCUT2D eigenvalue weighted by Crippen LogP contribution is -2.23. The average molecular weight is 237 g/mol. The van der Waals surface area contributed by atoms with Crippen molar-refractivity contribution in [2.75, 3.05) is 11.9 Å². The Balaban J connectivity index is 2.87. The van der Waals surface area contributed by atoms with E-state index in [-0.39, 0.29) is 5.88 Å². The zero-order valence-corrected chi connectivity index (χ0v) is 10.9. The fourth-order valence-corrected chi connectivity index (χ4v) is 1.42. The molecule has 0 aliphatic rings. The van der Waals surface area contributed by atoms with Crippen molar-refractivity contribution in [3.05, 3.63) is 17.9 Å². The van der Waals surface area contributed by atoms with Crippen LogP contribution in [0, 0.1) is 11.5 Å². The minimum atomic E-state index is -1.43. The molecular formula is C11H15NO3Si. The molecular weight excluding hydrogens is 222 g/mol. The molecule has 0 bridgehead atoms. The summed E-state index contributed by atoms with van der Waals surface area (Å²) in [5, 5.41) is 8.74. The summed E-state index contributed by atoms with van der Waals surface area (Å²) >= 11 is 0. The monoisotopic (exact) mass is 237 g/mol. The van der Waals surface area contributed by atoms with Crippen molar-refractivity contribution in [2.24, 2.45) is 0 Å². The van der Waals surface area contributed by atoms with Gasteiger partial charge in [-0.05, 0) is 12.0 Å². The van der Waals surface area contributed by atoms with Crippen LogP contribution in [-0.2, 0) is 0 Å². The number of nitrogens with zero attached hydrogens (tertiary/aromatic N) is 1. The second kappa shape index (κ2) is 4.45. The summed E-state index contributed by atoms with van der Waals surface area (Å²) in [4.78, 5) is 11.7. The van der Waals surface area contributed by atoms with Crippen LogP contribution in [0.25, 0.3) is 0 Å². The van der Waals surface area contributed by atoms with E-state index in [4.69, 9.17) is 9.52 Å². The van der Waals surface area contributed by atoms with Crippen LogP contribution in [0.4, 0.5) is 10.7 Å². The molecule has 0 fully saturated rings. The minimum absolute atomic E-state index is 0.285. The van der Waals surface area contributed by atoms with Gasteiger partial charge in [-0.2, -0.15) is 0 Å². The molecule has 86 valence electrons. The van der Waals surface area contributed by atoms with Gasteiger partial charge in [0, 0.05) is 13.1 Å². The van der Waals surface area contributed by atoms with E-state index in [1.165, 1.54) is 7.05 Å². The van der Waals surface area contributed by atoms with E-state index in [0.29, 0.717) is 5.76 Å². The molecule has 1 amide bonds. The highest BCUT2D eigenvalue weighted by Gasteiger charge is 2.12. The maximum absolute atomic E-state index is 10.7. The van der Waals surface area contributed by atoms with Gasteiger partial charge in [-0.15, -0.1) is 5.54 Å². The molecule has 1 aromatic rings. The highest BCUT2D eigenvalue weighted by Crippen LogP contribution is 2.16. The van der Waals surface area contributed by atoms with E-state index in [1.807, 2.05) is 0 Å². The van der Waals surface area contributed by atoms with Gasteiger partial charge in [0.25, 0.3) is 0 Å². The Kier molecular flexibility index (Phi) is 3.45. The molecule has 1 N–H and O–H groups in total. The van der Waals surface area contributed by atoms with E-state index in [9.17, 15) is 4.79 Å². The summed E-state index contributed by atoms with van der Waals surface area (Å²) in [6, 6.07) is 3.28. The Morgan fingerprint density at radius 1 is 1.44 bits per heavy atom. The van der Waals surface area contributed by atoms with E-state index < -0.39 is 14.2 Å². The van der Waals surface area contributed by atoms with Crippen molar-refractivity contribution in [2.45, 2.75) is 19.6 Å². The number of hydrogen-bond acceptors (Lipinski definition) is 2. The molecule has 0 spiro atoms. The number of anilines is 1. The molecule has 0 radical (unpaired) electrons. The third kappa shape index (κ3) is 3.48. The molecule has 4 nitrogen and oxygen atoms in total. The zero-order chi connectivity index (χ0) is 12.3. The van der Waals surface area contributed by atoms with Gasteiger partial charge in [0.1, 0.15) is 8.07 Å². The molecule has 1 aromatic heterocycles. The topological polar surface area (TPSA) is 53.7 Å². The van der Waals surface area contributed by atoms with Crippen LogP contribution in [0.5, 0.6) is 0 Å². The highest BCUT2D eigenvalue weighted by atomic mass is 28.3. The van der Waals surface area contributed by atoms with Crippen LogP contribution in [0.3, 0.4) is 0 Å². The maximum atomic E-state index is 10.7. The van der Waals surface area contributed by atoms with Crippen molar-refractivity contribution in [3.63, 3.8) is 0 Å². The predicted octanol–water partition coefficient (Wildman–Crippen LogP) is 2.62. The number of carboxylic acid groups (broad SMARTS) is 1. The van der Waals surface area contributed by atoms with Gasteiger partial charge in [-0.3, -0.25) is 4.90 Å². The normalized spacial score (nSPS) is 10.5. The van der Waals surface area contributed by atoms with Gasteiger partial charge in [0.2, 0.25) is 5.88 Å². The Hall–Kier alpha value is -1.67. The van der Waals surface area contributed by atoms with E-state index in [1.54, 1.807) is 12.1 Å². The number of rotatable bonds is 1. The van der Waals surface area contributed by atoms with Crippen molar-refractivity contribution >= 4 is 20.1 Å². The predicted molar refractivity (Wildman–Crippen MR) is 65.4 cm³/mol. The minimum Gasteiger partial charge on any atom is -0.465 e. The molecule has 0 aliphatic heterocycles. The van der Waals surface area contributed by atoms with Gasteiger partial charge < -0.3 is 9.52 Å². The number of amides is 1. The Morgan fingerprint density at radius 2 is 2.06 bits per heavy atom. The fourth-order valence-electron chi connectivity index (χ4n) is 0.918. The molecule has 16 heavy (non-hydrogen) atoms. The smallest absolute Gasteiger partial charge is 0.413 e. The van der Waals surface area contributed by atoms with Crippen LogP contribution in [0.1, 0.15) is 5.76 Å². The van der Waals surface area contributed by atoms with Gasteiger partial charge in [0.15, 0.2) is 5.76 Å². The molecule has 1 heterocycles. The largest absolute Gasteiger partial charge is 0.465 e. The van der Waals surface area contributed by atoms with Crippen molar-refractivity contribution in [1.82, 2.24) is 0 Å².